The molecule has 6 heteroatoms. The third-order valence-electron chi connectivity index (χ3n) is 1.92. The summed E-state index contributed by atoms with van der Waals surface area (Å²) in [6.07, 6.45) is 0. The van der Waals surface area contributed by atoms with Crippen LogP contribution in [-0.4, -0.2) is 16.1 Å². The maximum atomic E-state index is 13.5. The van der Waals surface area contributed by atoms with E-state index in [2.05, 4.69) is 20.9 Å². The van der Waals surface area contributed by atoms with Crippen LogP contribution in [0.2, 0.25) is 0 Å². The molecule has 0 bridgehead atoms. The predicted octanol–water partition coefficient (Wildman–Crippen LogP) is 3.41. The Morgan fingerprint density at radius 1 is 1.44 bits per heavy atom. The standard InChI is InChI=1S/C10H5BrFNO2S/c11-10-13-7(9(14)15)8(16-10)5-3-1-2-4-6(5)12/h1-4H,(H,14,15). The molecule has 1 heterocycles. The highest BCUT2D eigenvalue weighted by atomic mass is 79.9. The summed E-state index contributed by atoms with van der Waals surface area (Å²) in [5, 5.41) is 8.93. The van der Waals surface area contributed by atoms with Crippen molar-refractivity contribution in [2.45, 2.75) is 0 Å². The Morgan fingerprint density at radius 2 is 2.12 bits per heavy atom. The number of benzene rings is 1. The average molecular weight is 302 g/mol. The van der Waals surface area contributed by atoms with Crippen LogP contribution in [0.1, 0.15) is 10.5 Å². The smallest absolute Gasteiger partial charge is 0.356 e. The van der Waals surface area contributed by atoms with Crippen LogP contribution in [-0.2, 0) is 0 Å². The fraction of sp³-hybridized carbons (Fsp3) is 0. The van der Waals surface area contributed by atoms with Crippen molar-refractivity contribution in [2.24, 2.45) is 0 Å². The number of hydrogen-bond donors (Lipinski definition) is 1. The number of aromatic nitrogens is 1. The van der Waals surface area contributed by atoms with Crippen LogP contribution in [0.3, 0.4) is 0 Å². The highest BCUT2D eigenvalue weighted by Crippen LogP contribution is 2.34. The van der Waals surface area contributed by atoms with Gasteiger partial charge in [-0.05, 0) is 22.0 Å². The Labute approximate surface area is 103 Å². The molecule has 1 aromatic carbocycles. The number of rotatable bonds is 2. The number of carboxylic acid groups (broad SMARTS) is 1. The first-order valence-corrected chi connectivity index (χ1v) is 5.85. The van der Waals surface area contributed by atoms with Crippen molar-refractivity contribution in [3.05, 3.63) is 39.7 Å². The minimum Gasteiger partial charge on any atom is -0.476 e. The largest absolute Gasteiger partial charge is 0.476 e. The van der Waals surface area contributed by atoms with Gasteiger partial charge < -0.3 is 5.11 Å². The molecule has 0 spiro atoms. The Hall–Kier alpha value is -1.27. The number of aromatic carboxylic acids is 1. The molecule has 3 nitrogen and oxygen atoms in total. The number of hydrogen-bond acceptors (Lipinski definition) is 3. The lowest BCUT2D eigenvalue weighted by Crippen LogP contribution is -1.99. The molecule has 0 unspecified atom stereocenters. The fourth-order valence-corrected chi connectivity index (χ4v) is 2.74. The van der Waals surface area contributed by atoms with E-state index in [9.17, 15) is 9.18 Å². The monoisotopic (exact) mass is 301 g/mol. The maximum absolute atomic E-state index is 13.5. The zero-order chi connectivity index (χ0) is 11.7. The van der Waals surface area contributed by atoms with E-state index in [0.717, 1.165) is 11.3 Å². The van der Waals surface area contributed by atoms with Crippen molar-refractivity contribution in [3.63, 3.8) is 0 Å². The van der Waals surface area contributed by atoms with Gasteiger partial charge in [0.1, 0.15) is 5.82 Å². The summed E-state index contributed by atoms with van der Waals surface area (Å²) in [5.74, 6) is -1.62. The first kappa shape index (κ1) is 11.2. The molecule has 2 aromatic rings. The van der Waals surface area contributed by atoms with E-state index in [1.807, 2.05) is 0 Å². The van der Waals surface area contributed by atoms with Gasteiger partial charge in [-0.15, -0.1) is 11.3 Å². The van der Waals surface area contributed by atoms with E-state index in [1.165, 1.54) is 12.1 Å². The van der Waals surface area contributed by atoms with Crippen molar-refractivity contribution in [1.82, 2.24) is 4.98 Å². The molecule has 0 aliphatic heterocycles. The Bertz CT molecular complexity index is 556. The SMILES string of the molecule is O=C(O)c1nc(Br)sc1-c1ccccc1F. The lowest BCUT2D eigenvalue weighted by Gasteiger charge is -1.99. The number of halogens is 2. The Balaban J connectivity index is 2.64. The summed E-state index contributed by atoms with van der Waals surface area (Å²) in [4.78, 5) is 15.0. The van der Waals surface area contributed by atoms with Gasteiger partial charge in [0.2, 0.25) is 0 Å². The molecule has 0 saturated heterocycles. The van der Waals surface area contributed by atoms with E-state index >= 15 is 0 Å². The quantitative estimate of drug-likeness (QED) is 0.925. The maximum Gasteiger partial charge on any atom is 0.356 e. The van der Waals surface area contributed by atoms with Gasteiger partial charge in [-0.1, -0.05) is 18.2 Å². The Morgan fingerprint density at radius 3 is 2.75 bits per heavy atom. The van der Waals surface area contributed by atoms with Crippen LogP contribution in [0.15, 0.2) is 28.2 Å². The second kappa shape index (κ2) is 4.31. The molecule has 0 atom stereocenters. The minimum atomic E-state index is -1.17. The number of nitrogens with zero attached hydrogens (tertiary/aromatic N) is 1. The van der Waals surface area contributed by atoms with Gasteiger partial charge in [0, 0.05) is 5.56 Å². The van der Waals surface area contributed by atoms with Gasteiger partial charge in [-0.25, -0.2) is 14.2 Å². The van der Waals surface area contributed by atoms with Crippen molar-refractivity contribution in [1.29, 1.82) is 0 Å². The molecular weight excluding hydrogens is 297 g/mol. The molecule has 0 saturated carbocycles. The highest BCUT2D eigenvalue weighted by Gasteiger charge is 2.19. The third-order valence-corrected chi connectivity index (χ3v) is 3.46. The van der Waals surface area contributed by atoms with Crippen molar-refractivity contribution in [3.8, 4) is 10.4 Å². The first-order chi connectivity index (χ1) is 7.59. The van der Waals surface area contributed by atoms with Gasteiger partial charge in [-0.2, -0.15) is 0 Å². The van der Waals surface area contributed by atoms with E-state index in [0.29, 0.717) is 8.79 Å². The van der Waals surface area contributed by atoms with Gasteiger partial charge in [0.15, 0.2) is 9.61 Å². The van der Waals surface area contributed by atoms with Crippen LogP contribution in [0.5, 0.6) is 0 Å². The predicted molar refractivity (Wildman–Crippen MR) is 62.2 cm³/mol. The fourth-order valence-electron chi connectivity index (χ4n) is 1.27. The molecular formula is C10H5BrFNO2S. The lowest BCUT2D eigenvalue weighted by atomic mass is 10.1. The van der Waals surface area contributed by atoms with Gasteiger partial charge in [-0.3, -0.25) is 0 Å². The van der Waals surface area contributed by atoms with Crippen LogP contribution >= 0.6 is 27.3 Å². The van der Waals surface area contributed by atoms with Crippen LogP contribution in [0.25, 0.3) is 10.4 Å². The van der Waals surface area contributed by atoms with E-state index in [-0.39, 0.29) is 11.3 Å². The van der Waals surface area contributed by atoms with Crippen LogP contribution in [0.4, 0.5) is 4.39 Å². The normalized spacial score (nSPS) is 10.4. The topological polar surface area (TPSA) is 50.2 Å². The lowest BCUT2D eigenvalue weighted by molar-refractivity contribution is 0.0692. The molecule has 0 radical (unpaired) electrons. The molecule has 0 aliphatic carbocycles. The Kier molecular flexibility index (Phi) is 3.02. The summed E-state index contributed by atoms with van der Waals surface area (Å²) in [6.45, 7) is 0. The second-order valence-corrected chi connectivity index (χ2v) is 5.20. The van der Waals surface area contributed by atoms with Gasteiger partial charge in [0.25, 0.3) is 0 Å². The summed E-state index contributed by atoms with van der Waals surface area (Å²) >= 11 is 4.19. The van der Waals surface area contributed by atoms with Crippen LogP contribution < -0.4 is 0 Å². The number of carbonyl (C=O) groups is 1. The average Bonchev–Trinajstić information content (AvgIpc) is 2.61. The molecule has 16 heavy (non-hydrogen) atoms. The summed E-state index contributed by atoms with van der Waals surface area (Å²) in [6, 6.07) is 6.02. The number of carboxylic acids is 1. The van der Waals surface area contributed by atoms with E-state index in [4.69, 9.17) is 5.11 Å². The number of thiazole rings is 1. The molecule has 2 rings (SSSR count). The van der Waals surface area contributed by atoms with Crippen molar-refractivity contribution in [2.75, 3.05) is 0 Å². The third kappa shape index (κ3) is 1.98. The van der Waals surface area contributed by atoms with E-state index < -0.39 is 11.8 Å². The molecule has 0 fully saturated rings. The zero-order valence-electron chi connectivity index (χ0n) is 7.78. The molecule has 82 valence electrons. The summed E-state index contributed by atoms with van der Waals surface area (Å²) in [7, 11) is 0. The minimum absolute atomic E-state index is 0.137. The zero-order valence-corrected chi connectivity index (χ0v) is 10.2. The molecule has 0 amide bonds. The van der Waals surface area contributed by atoms with Gasteiger partial charge in [0.05, 0.1) is 4.88 Å². The summed E-state index contributed by atoms with van der Waals surface area (Å²) in [5.41, 5.74) is 0.116. The first-order valence-electron chi connectivity index (χ1n) is 4.24. The van der Waals surface area contributed by atoms with E-state index in [1.54, 1.807) is 12.1 Å². The second-order valence-electron chi connectivity index (χ2n) is 2.93. The molecule has 1 N–H and O–H groups in total. The molecule has 1 aromatic heterocycles. The summed E-state index contributed by atoms with van der Waals surface area (Å²) < 4.78 is 13.9. The molecule has 0 aliphatic rings. The van der Waals surface area contributed by atoms with Crippen molar-refractivity contribution < 1.29 is 14.3 Å². The van der Waals surface area contributed by atoms with Crippen molar-refractivity contribution >= 4 is 33.2 Å². The van der Waals surface area contributed by atoms with Crippen LogP contribution in [0, 0.1) is 5.82 Å². The highest BCUT2D eigenvalue weighted by molar-refractivity contribution is 9.11. The van der Waals surface area contributed by atoms with Gasteiger partial charge >= 0.3 is 5.97 Å².